The van der Waals surface area contributed by atoms with E-state index in [0.29, 0.717) is 11.3 Å². The predicted molar refractivity (Wildman–Crippen MR) is 84.7 cm³/mol. The summed E-state index contributed by atoms with van der Waals surface area (Å²) in [6, 6.07) is 11.7. The van der Waals surface area contributed by atoms with E-state index >= 15 is 0 Å². The Balaban J connectivity index is 2.00. The van der Waals surface area contributed by atoms with Crippen molar-refractivity contribution < 1.29 is 14.3 Å². The lowest BCUT2D eigenvalue weighted by molar-refractivity contribution is 0.0472. The van der Waals surface area contributed by atoms with Crippen molar-refractivity contribution in [1.82, 2.24) is 0 Å². The van der Waals surface area contributed by atoms with Gasteiger partial charge in [-0.1, -0.05) is 23.8 Å². The standard InChI is InChI=1S/C17H18N2O3/c1-11-3-4-12(2)14(9-11)10-22-16(20)13-5-7-15(8-6-13)19-17(18)21/h3-9H,10H2,1-2H3,(H3,18,19,21). The molecular formula is C17H18N2O3. The van der Waals surface area contributed by atoms with Crippen molar-refractivity contribution in [3.8, 4) is 0 Å². The normalized spacial score (nSPS) is 10.1. The number of esters is 1. The summed E-state index contributed by atoms with van der Waals surface area (Å²) in [6.07, 6.45) is 0. The second kappa shape index (κ2) is 6.76. The number of nitrogens with one attached hydrogen (secondary N) is 1. The van der Waals surface area contributed by atoms with E-state index in [-0.39, 0.29) is 6.61 Å². The van der Waals surface area contributed by atoms with Crippen molar-refractivity contribution in [1.29, 1.82) is 0 Å². The summed E-state index contributed by atoms with van der Waals surface area (Å²) in [5.41, 5.74) is 9.16. The number of ether oxygens (including phenoxy) is 1. The Morgan fingerprint density at radius 2 is 1.77 bits per heavy atom. The van der Waals surface area contributed by atoms with Crippen molar-refractivity contribution in [3.05, 3.63) is 64.7 Å². The Morgan fingerprint density at radius 3 is 2.41 bits per heavy atom. The van der Waals surface area contributed by atoms with E-state index < -0.39 is 12.0 Å². The summed E-state index contributed by atoms with van der Waals surface area (Å²) in [5.74, 6) is -0.411. The SMILES string of the molecule is Cc1ccc(C)c(COC(=O)c2ccc(NC(N)=O)cc2)c1. The molecule has 5 heteroatoms. The summed E-state index contributed by atoms with van der Waals surface area (Å²) in [4.78, 5) is 22.7. The van der Waals surface area contributed by atoms with Gasteiger partial charge in [-0.15, -0.1) is 0 Å². The highest BCUT2D eigenvalue weighted by molar-refractivity contribution is 5.91. The van der Waals surface area contributed by atoms with E-state index in [2.05, 4.69) is 5.32 Å². The Labute approximate surface area is 129 Å². The van der Waals surface area contributed by atoms with Gasteiger partial charge in [0.2, 0.25) is 0 Å². The average molecular weight is 298 g/mol. The van der Waals surface area contributed by atoms with Crippen LogP contribution in [0.4, 0.5) is 10.5 Å². The molecule has 2 rings (SSSR count). The first-order valence-corrected chi connectivity index (χ1v) is 6.85. The molecule has 0 aromatic heterocycles. The molecule has 2 aromatic carbocycles. The first-order valence-electron chi connectivity index (χ1n) is 6.85. The lowest BCUT2D eigenvalue weighted by Crippen LogP contribution is -2.19. The number of amides is 2. The molecule has 2 amide bonds. The van der Waals surface area contributed by atoms with Gasteiger partial charge in [0.1, 0.15) is 6.61 Å². The minimum absolute atomic E-state index is 0.230. The molecule has 3 N–H and O–H groups in total. The number of anilines is 1. The Morgan fingerprint density at radius 1 is 1.09 bits per heavy atom. The van der Waals surface area contributed by atoms with Crippen molar-refractivity contribution in [2.75, 3.05) is 5.32 Å². The van der Waals surface area contributed by atoms with Gasteiger partial charge in [-0.05, 0) is 49.2 Å². The van der Waals surface area contributed by atoms with Crippen LogP contribution in [0.5, 0.6) is 0 Å². The molecular weight excluding hydrogens is 280 g/mol. The number of carbonyl (C=O) groups excluding carboxylic acids is 2. The fourth-order valence-electron chi connectivity index (χ4n) is 2.01. The van der Waals surface area contributed by atoms with Crippen LogP contribution in [0.3, 0.4) is 0 Å². The van der Waals surface area contributed by atoms with Crippen LogP contribution in [-0.2, 0) is 11.3 Å². The van der Waals surface area contributed by atoms with Crippen LogP contribution < -0.4 is 11.1 Å². The van der Waals surface area contributed by atoms with E-state index in [1.54, 1.807) is 24.3 Å². The molecule has 0 unspecified atom stereocenters. The predicted octanol–water partition coefficient (Wildman–Crippen LogP) is 3.15. The smallest absolute Gasteiger partial charge is 0.338 e. The third-order valence-electron chi connectivity index (χ3n) is 3.25. The summed E-state index contributed by atoms with van der Waals surface area (Å²) < 4.78 is 5.32. The number of carbonyl (C=O) groups is 2. The van der Waals surface area contributed by atoms with Crippen LogP contribution in [0.2, 0.25) is 0 Å². The lowest BCUT2D eigenvalue weighted by atomic mass is 10.1. The number of rotatable bonds is 4. The number of hydrogen-bond donors (Lipinski definition) is 2. The highest BCUT2D eigenvalue weighted by Crippen LogP contribution is 2.14. The van der Waals surface area contributed by atoms with Crippen molar-refractivity contribution in [3.63, 3.8) is 0 Å². The van der Waals surface area contributed by atoms with Gasteiger partial charge in [0.05, 0.1) is 5.56 Å². The molecule has 5 nitrogen and oxygen atoms in total. The molecule has 0 heterocycles. The molecule has 0 aliphatic heterocycles. The molecule has 0 atom stereocenters. The van der Waals surface area contributed by atoms with Crippen molar-refractivity contribution in [2.45, 2.75) is 20.5 Å². The monoisotopic (exact) mass is 298 g/mol. The van der Waals surface area contributed by atoms with Gasteiger partial charge >= 0.3 is 12.0 Å². The van der Waals surface area contributed by atoms with Gasteiger partial charge in [-0.2, -0.15) is 0 Å². The van der Waals surface area contributed by atoms with Crippen LogP contribution in [0, 0.1) is 13.8 Å². The van der Waals surface area contributed by atoms with Crippen LogP contribution >= 0.6 is 0 Å². The van der Waals surface area contributed by atoms with E-state index in [1.165, 1.54) is 0 Å². The molecule has 0 aliphatic carbocycles. The van der Waals surface area contributed by atoms with Crippen LogP contribution in [0.1, 0.15) is 27.0 Å². The molecule has 0 bridgehead atoms. The zero-order valence-electron chi connectivity index (χ0n) is 12.6. The molecule has 0 saturated heterocycles. The minimum atomic E-state index is -0.648. The van der Waals surface area contributed by atoms with Gasteiger partial charge in [-0.25, -0.2) is 9.59 Å². The van der Waals surface area contributed by atoms with Gasteiger partial charge in [0.25, 0.3) is 0 Å². The fourth-order valence-corrected chi connectivity index (χ4v) is 2.01. The van der Waals surface area contributed by atoms with Crippen molar-refractivity contribution >= 4 is 17.7 Å². The Bertz CT molecular complexity index is 694. The maximum Gasteiger partial charge on any atom is 0.338 e. The highest BCUT2D eigenvalue weighted by Gasteiger charge is 2.09. The van der Waals surface area contributed by atoms with Gasteiger partial charge in [0, 0.05) is 5.69 Å². The van der Waals surface area contributed by atoms with Gasteiger partial charge in [0.15, 0.2) is 0 Å². The zero-order valence-corrected chi connectivity index (χ0v) is 12.6. The van der Waals surface area contributed by atoms with E-state index in [9.17, 15) is 9.59 Å². The number of nitrogens with two attached hydrogens (primary N) is 1. The first kappa shape index (κ1) is 15.6. The van der Waals surface area contributed by atoms with E-state index in [4.69, 9.17) is 10.5 Å². The molecule has 22 heavy (non-hydrogen) atoms. The molecule has 0 saturated carbocycles. The van der Waals surface area contributed by atoms with Gasteiger partial charge in [-0.3, -0.25) is 0 Å². The Hall–Kier alpha value is -2.82. The minimum Gasteiger partial charge on any atom is -0.457 e. The van der Waals surface area contributed by atoms with Crippen LogP contribution in [0.15, 0.2) is 42.5 Å². The number of aryl methyl sites for hydroxylation is 2. The average Bonchev–Trinajstić information content (AvgIpc) is 2.48. The number of hydrogen-bond acceptors (Lipinski definition) is 3. The number of urea groups is 1. The van der Waals surface area contributed by atoms with Gasteiger partial charge < -0.3 is 15.8 Å². The Kier molecular flexibility index (Phi) is 4.78. The molecule has 0 spiro atoms. The molecule has 0 aliphatic rings. The summed E-state index contributed by atoms with van der Waals surface area (Å²) >= 11 is 0. The largest absolute Gasteiger partial charge is 0.457 e. The van der Waals surface area contributed by atoms with E-state index in [1.807, 2.05) is 32.0 Å². The lowest BCUT2D eigenvalue weighted by Gasteiger charge is -2.09. The highest BCUT2D eigenvalue weighted by atomic mass is 16.5. The molecule has 114 valence electrons. The van der Waals surface area contributed by atoms with Crippen LogP contribution in [-0.4, -0.2) is 12.0 Å². The number of benzene rings is 2. The fraction of sp³-hybridized carbons (Fsp3) is 0.176. The molecule has 0 radical (unpaired) electrons. The topological polar surface area (TPSA) is 81.4 Å². The first-order chi connectivity index (χ1) is 10.5. The van der Waals surface area contributed by atoms with Crippen LogP contribution in [0.25, 0.3) is 0 Å². The molecule has 0 fully saturated rings. The summed E-state index contributed by atoms with van der Waals surface area (Å²) in [5, 5.41) is 2.43. The summed E-state index contributed by atoms with van der Waals surface area (Å²) in [7, 11) is 0. The molecule has 2 aromatic rings. The second-order valence-electron chi connectivity index (χ2n) is 5.07. The quantitative estimate of drug-likeness (QED) is 0.851. The summed E-state index contributed by atoms with van der Waals surface area (Å²) in [6.45, 7) is 4.20. The van der Waals surface area contributed by atoms with E-state index in [0.717, 1.165) is 16.7 Å². The second-order valence-corrected chi connectivity index (χ2v) is 5.07. The maximum absolute atomic E-state index is 12.0. The third kappa shape index (κ3) is 4.09. The third-order valence-corrected chi connectivity index (χ3v) is 3.25. The zero-order chi connectivity index (χ0) is 16.1. The maximum atomic E-state index is 12.0. The van der Waals surface area contributed by atoms with Crippen molar-refractivity contribution in [2.24, 2.45) is 5.73 Å². The number of primary amides is 1.